The van der Waals surface area contributed by atoms with Crippen molar-refractivity contribution in [2.24, 2.45) is 0 Å². The SMILES string of the molecule is CC(CCCl)NC(=O)Cc1c(F)cccc1Cl. The van der Waals surface area contributed by atoms with Crippen molar-refractivity contribution in [3.8, 4) is 0 Å². The Morgan fingerprint density at radius 2 is 2.24 bits per heavy atom. The molecule has 1 rings (SSSR count). The van der Waals surface area contributed by atoms with Crippen LogP contribution in [0.5, 0.6) is 0 Å². The molecule has 0 fully saturated rings. The Morgan fingerprint density at radius 1 is 1.53 bits per heavy atom. The Balaban J connectivity index is 2.62. The van der Waals surface area contributed by atoms with Gasteiger partial charge in [-0.15, -0.1) is 11.6 Å². The summed E-state index contributed by atoms with van der Waals surface area (Å²) in [5, 5.41) is 3.00. The second-order valence-corrected chi connectivity index (χ2v) is 4.61. The number of carbonyl (C=O) groups excluding carboxylic acids is 1. The summed E-state index contributed by atoms with van der Waals surface area (Å²) < 4.78 is 13.4. The molecular weight excluding hydrogens is 264 g/mol. The molecule has 0 saturated heterocycles. The number of alkyl halides is 1. The molecule has 0 bridgehead atoms. The Kier molecular flexibility index (Phi) is 5.72. The van der Waals surface area contributed by atoms with Crippen LogP contribution in [0.2, 0.25) is 5.02 Å². The Hall–Kier alpha value is -0.800. The number of rotatable bonds is 5. The van der Waals surface area contributed by atoms with E-state index in [1.165, 1.54) is 12.1 Å². The van der Waals surface area contributed by atoms with Gasteiger partial charge in [-0.1, -0.05) is 17.7 Å². The van der Waals surface area contributed by atoms with Gasteiger partial charge in [0.1, 0.15) is 5.82 Å². The van der Waals surface area contributed by atoms with Crippen LogP contribution >= 0.6 is 23.2 Å². The zero-order valence-electron chi connectivity index (χ0n) is 9.47. The predicted molar refractivity (Wildman–Crippen MR) is 68.1 cm³/mol. The summed E-state index contributed by atoms with van der Waals surface area (Å²) in [5.41, 5.74) is 0.227. The molecule has 5 heteroatoms. The van der Waals surface area contributed by atoms with E-state index < -0.39 is 5.82 Å². The molecular formula is C12H14Cl2FNO. The fourth-order valence-corrected chi connectivity index (χ4v) is 1.98. The van der Waals surface area contributed by atoms with E-state index in [4.69, 9.17) is 23.2 Å². The number of halogens is 3. The van der Waals surface area contributed by atoms with Gasteiger partial charge >= 0.3 is 0 Å². The maximum absolute atomic E-state index is 13.4. The first-order valence-electron chi connectivity index (χ1n) is 5.32. The molecule has 1 amide bonds. The smallest absolute Gasteiger partial charge is 0.224 e. The van der Waals surface area contributed by atoms with Crippen LogP contribution in [-0.4, -0.2) is 17.8 Å². The lowest BCUT2D eigenvalue weighted by Gasteiger charge is -2.13. The minimum absolute atomic E-state index is 0.0226. The summed E-state index contributed by atoms with van der Waals surface area (Å²) in [5.74, 6) is -0.241. The molecule has 0 heterocycles. The van der Waals surface area contributed by atoms with E-state index >= 15 is 0 Å². The lowest BCUT2D eigenvalue weighted by molar-refractivity contribution is -0.121. The van der Waals surface area contributed by atoms with E-state index in [-0.39, 0.29) is 29.0 Å². The van der Waals surface area contributed by atoms with Crippen LogP contribution < -0.4 is 5.32 Å². The topological polar surface area (TPSA) is 29.1 Å². The van der Waals surface area contributed by atoms with Gasteiger partial charge in [0.25, 0.3) is 0 Å². The summed E-state index contributed by atoms with van der Waals surface area (Å²) in [6.45, 7) is 1.85. The molecule has 0 saturated carbocycles. The van der Waals surface area contributed by atoms with Gasteiger partial charge in [-0.3, -0.25) is 4.79 Å². The van der Waals surface area contributed by atoms with Gasteiger partial charge in [0.15, 0.2) is 0 Å². The molecule has 0 spiro atoms. The summed E-state index contributed by atoms with van der Waals surface area (Å²) >= 11 is 11.4. The third kappa shape index (κ3) is 4.52. The number of hydrogen-bond acceptors (Lipinski definition) is 1. The van der Waals surface area contributed by atoms with Crippen LogP contribution in [0.25, 0.3) is 0 Å². The van der Waals surface area contributed by atoms with Crippen LogP contribution in [0.3, 0.4) is 0 Å². The molecule has 1 atom stereocenters. The normalized spacial score (nSPS) is 12.2. The molecule has 17 heavy (non-hydrogen) atoms. The first kappa shape index (κ1) is 14.3. The molecule has 1 aromatic carbocycles. The van der Waals surface area contributed by atoms with Crippen molar-refractivity contribution in [1.82, 2.24) is 5.32 Å². The summed E-state index contributed by atoms with van der Waals surface area (Å²) in [6, 6.07) is 4.34. The second-order valence-electron chi connectivity index (χ2n) is 3.82. The Bertz CT molecular complexity index is 378. The minimum atomic E-state index is -0.461. The highest BCUT2D eigenvalue weighted by atomic mass is 35.5. The average Bonchev–Trinajstić information content (AvgIpc) is 2.24. The van der Waals surface area contributed by atoms with Gasteiger partial charge in [0.2, 0.25) is 5.91 Å². The van der Waals surface area contributed by atoms with Crippen LogP contribution in [0, 0.1) is 5.82 Å². The van der Waals surface area contributed by atoms with Crippen molar-refractivity contribution in [2.75, 3.05) is 5.88 Å². The van der Waals surface area contributed by atoms with E-state index in [1.54, 1.807) is 6.07 Å². The second kappa shape index (κ2) is 6.82. The largest absolute Gasteiger partial charge is 0.353 e. The Labute approximate surface area is 110 Å². The van der Waals surface area contributed by atoms with Crippen molar-refractivity contribution in [1.29, 1.82) is 0 Å². The van der Waals surface area contributed by atoms with Gasteiger partial charge in [0, 0.05) is 22.5 Å². The third-order valence-electron chi connectivity index (χ3n) is 2.35. The van der Waals surface area contributed by atoms with E-state index in [1.807, 2.05) is 6.92 Å². The van der Waals surface area contributed by atoms with Crippen LogP contribution in [-0.2, 0) is 11.2 Å². The van der Waals surface area contributed by atoms with Gasteiger partial charge in [-0.25, -0.2) is 4.39 Å². The van der Waals surface area contributed by atoms with Gasteiger partial charge in [-0.05, 0) is 25.5 Å². The van der Waals surface area contributed by atoms with Crippen molar-refractivity contribution >= 4 is 29.1 Å². The minimum Gasteiger partial charge on any atom is -0.353 e. The molecule has 0 aliphatic carbocycles. The zero-order valence-corrected chi connectivity index (χ0v) is 11.0. The summed E-state index contributed by atoms with van der Waals surface area (Å²) in [4.78, 5) is 11.6. The maximum Gasteiger partial charge on any atom is 0.224 e. The fraction of sp³-hybridized carbons (Fsp3) is 0.417. The van der Waals surface area contributed by atoms with Crippen molar-refractivity contribution in [2.45, 2.75) is 25.8 Å². The molecule has 0 aliphatic rings. The summed E-state index contributed by atoms with van der Waals surface area (Å²) in [6.07, 6.45) is 0.621. The van der Waals surface area contributed by atoms with Crippen LogP contribution in [0.1, 0.15) is 18.9 Å². The van der Waals surface area contributed by atoms with Gasteiger partial charge in [-0.2, -0.15) is 0 Å². The molecule has 2 nitrogen and oxygen atoms in total. The molecule has 1 aromatic rings. The number of carbonyl (C=O) groups is 1. The monoisotopic (exact) mass is 277 g/mol. The number of benzene rings is 1. The zero-order chi connectivity index (χ0) is 12.8. The van der Waals surface area contributed by atoms with Crippen molar-refractivity contribution in [3.05, 3.63) is 34.6 Å². The first-order chi connectivity index (χ1) is 8.04. The highest BCUT2D eigenvalue weighted by molar-refractivity contribution is 6.31. The predicted octanol–water partition coefficient (Wildman–Crippen LogP) is 3.16. The highest BCUT2D eigenvalue weighted by Gasteiger charge is 2.13. The molecule has 94 valence electrons. The number of amides is 1. The maximum atomic E-state index is 13.4. The van der Waals surface area contributed by atoms with Crippen molar-refractivity contribution in [3.63, 3.8) is 0 Å². The quantitative estimate of drug-likeness (QED) is 0.824. The van der Waals surface area contributed by atoms with Crippen LogP contribution in [0.4, 0.5) is 4.39 Å². The standard InChI is InChI=1S/C12H14Cl2FNO/c1-8(5-6-13)16-12(17)7-9-10(14)3-2-4-11(9)15/h2-4,8H,5-7H2,1H3,(H,16,17). The first-order valence-corrected chi connectivity index (χ1v) is 6.24. The van der Waals surface area contributed by atoms with E-state index in [0.29, 0.717) is 12.3 Å². The molecule has 0 aliphatic heterocycles. The van der Waals surface area contributed by atoms with E-state index in [2.05, 4.69) is 5.32 Å². The average molecular weight is 278 g/mol. The number of nitrogens with one attached hydrogen (secondary N) is 1. The van der Waals surface area contributed by atoms with E-state index in [9.17, 15) is 9.18 Å². The highest BCUT2D eigenvalue weighted by Crippen LogP contribution is 2.19. The molecule has 0 aromatic heterocycles. The van der Waals surface area contributed by atoms with Gasteiger partial charge in [0.05, 0.1) is 6.42 Å². The molecule has 0 radical (unpaired) electrons. The Morgan fingerprint density at radius 3 is 2.82 bits per heavy atom. The summed E-state index contributed by atoms with van der Waals surface area (Å²) in [7, 11) is 0. The molecule has 1 N–H and O–H groups in total. The van der Waals surface area contributed by atoms with Gasteiger partial charge < -0.3 is 5.32 Å². The number of hydrogen-bond donors (Lipinski definition) is 1. The lowest BCUT2D eigenvalue weighted by atomic mass is 10.1. The van der Waals surface area contributed by atoms with Crippen LogP contribution in [0.15, 0.2) is 18.2 Å². The molecule has 1 unspecified atom stereocenters. The van der Waals surface area contributed by atoms with Crippen molar-refractivity contribution < 1.29 is 9.18 Å². The lowest BCUT2D eigenvalue weighted by Crippen LogP contribution is -2.34. The third-order valence-corrected chi connectivity index (χ3v) is 2.92. The van der Waals surface area contributed by atoms with E-state index in [0.717, 1.165) is 0 Å². The fourth-order valence-electron chi connectivity index (χ4n) is 1.42.